The molecule has 0 radical (unpaired) electrons. The third-order valence-corrected chi connectivity index (χ3v) is 5.49. The Balaban J connectivity index is 1.94. The molecule has 0 unspecified atom stereocenters. The number of carbonyl (C=O) groups is 1. The van der Waals surface area contributed by atoms with Gasteiger partial charge in [-0.05, 0) is 26.8 Å². The molecule has 0 aliphatic carbocycles. The first-order valence-electron chi connectivity index (χ1n) is 10.4. The van der Waals surface area contributed by atoms with Gasteiger partial charge in [0.05, 0.1) is 24.2 Å². The van der Waals surface area contributed by atoms with Gasteiger partial charge in [-0.1, -0.05) is 0 Å². The van der Waals surface area contributed by atoms with E-state index in [1.165, 1.54) is 22.2 Å². The van der Waals surface area contributed by atoms with E-state index in [4.69, 9.17) is 4.74 Å². The third-order valence-electron chi connectivity index (χ3n) is 5.49. The Morgan fingerprint density at radius 3 is 2.40 bits per heavy atom. The Morgan fingerprint density at radius 2 is 1.77 bits per heavy atom. The molecule has 1 fully saturated rings. The van der Waals surface area contributed by atoms with Crippen LogP contribution >= 0.6 is 0 Å². The molecule has 3 rings (SSSR count). The van der Waals surface area contributed by atoms with Gasteiger partial charge in [0.2, 0.25) is 0 Å². The second kappa shape index (κ2) is 9.40. The number of ether oxygens (including phenoxy) is 1. The van der Waals surface area contributed by atoms with Crippen molar-refractivity contribution >= 4 is 16.9 Å². The maximum atomic E-state index is 13.0. The molecular weight excluding hydrogens is 390 g/mol. The minimum atomic E-state index is -0.559. The summed E-state index contributed by atoms with van der Waals surface area (Å²) in [5, 5.41) is 2.90. The van der Waals surface area contributed by atoms with Gasteiger partial charge in [0.1, 0.15) is 5.65 Å². The lowest BCUT2D eigenvalue weighted by molar-refractivity contribution is 0.0374. The zero-order valence-corrected chi connectivity index (χ0v) is 17.8. The summed E-state index contributed by atoms with van der Waals surface area (Å²) in [6, 6.07) is 1.19. The molecule has 10 nitrogen and oxygen atoms in total. The van der Waals surface area contributed by atoms with Crippen molar-refractivity contribution in [3.63, 3.8) is 0 Å². The van der Waals surface area contributed by atoms with E-state index in [0.717, 1.165) is 30.6 Å². The smallest absolute Gasteiger partial charge is 0.332 e. The fraction of sp³-hybridized carbons (Fsp3) is 0.600. The first kappa shape index (κ1) is 22.0. The highest BCUT2D eigenvalue weighted by Crippen LogP contribution is 2.12. The molecule has 0 atom stereocenters. The average Bonchev–Trinajstić information content (AvgIpc) is 2.75. The maximum absolute atomic E-state index is 13.0. The van der Waals surface area contributed by atoms with Crippen LogP contribution in [0.3, 0.4) is 0 Å². The highest BCUT2D eigenvalue weighted by Gasteiger charge is 2.21. The van der Waals surface area contributed by atoms with E-state index < -0.39 is 22.7 Å². The van der Waals surface area contributed by atoms with Crippen molar-refractivity contribution < 1.29 is 9.53 Å². The average molecular weight is 419 g/mol. The summed E-state index contributed by atoms with van der Waals surface area (Å²) >= 11 is 0. The van der Waals surface area contributed by atoms with E-state index in [0.29, 0.717) is 19.8 Å². The number of rotatable bonds is 7. The summed E-state index contributed by atoms with van der Waals surface area (Å²) in [4.78, 5) is 53.3. The number of hydrogen-bond donors (Lipinski definition) is 1. The summed E-state index contributed by atoms with van der Waals surface area (Å²) < 4.78 is 9.00. The van der Waals surface area contributed by atoms with Crippen LogP contribution in [0.2, 0.25) is 0 Å². The van der Waals surface area contributed by atoms with Gasteiger partial charge in [0.25, 0.3) is 17.0 Å². The topological polar surface area (TPSA) is 108 Å². The number of amides is 1. The van der Waals surface area contributed by atoms with Gasteiger partial charge < -0.3 is 10.1 Å². The number of pyridine rings is 1. The normalized spacial score (nSPS) is 14.9. The molecule has 0 bridgehead atoms. The molecule has 1 N–H and O–H groups in total. The number of carbonyl (C=O) groups excluding carboxylic acids is 1. The predicted octanol–water partition coefficient (Wildman–Crippen LogP) is -0.646. The highest BCUT2D eigenvalue weighted by molar-refractivity contribution is 6.05. The first-order valence-corrected chi connectivity index (χ1v) is 10.4. The predicted molar refractivity (Wildman–Crippen MR) is 113 cm³/mol. The van der Waals surface area contributed by atoms with Crippen LogP contribution in [0.1, 0.15) is 30.6 Å². The summed E-state index contributed by atoms with van der Waals surface area (Å²) in [5.41, 5.74) is -1.32. The molecule has 2 aromatic rings. The van der Waals surface area contributed by atoms with Gasteiger partial charge in [-0.15, -0.1) is 0 Å². The van der Waals surface area contributed by atoms with E-state index >= 15 is 0 Å². The van der Waals surface area contributed by atoms with Crippen molar-refractivity contribution in [3.05, 3.63) is 42.8 Å². The summed E-state index contributed by atoms with van der Waals surface area (Å²) in [6.07, 6.45) is 0.743. The molecule has 1 amide bonds. The largest absolute Gasteiger partial charge is 0.379 e. The zero-order valence-electron chi connectivity index (χ0n) is 17.8. The Kier molecular flexibility index (Phi) is 6.88. The third kappa shape index (κ3) is 4.10. The Morgan fingerprint density at radius 1 is 1.10 bits per heavy atom. The lowest BCUT2D eigenvalue weighted by Gasteiger charge is -2.26. The molecular formula is C20H29N5O5. The molecule has 3 heterocycles. The van der Waals surface area contributed by atoms with Crippen LogP contribution in [0.4, 0.5) is 0 Å². The molecule has 2 aromatic heterocycles. The monoisotopic (exact) mass is 419 g/mol. The summed E-state index contributed by atoms with van der Waals surface area (Å²) in [7, 11) is 1.51. The van der Waals surface area contributed by atoms with Crippen molar-refractivity contribution in [1.82, 2.24) is 23.9 Å². The highest BCUT2D eigenvalue weighted by atomic mass is 16.5. The second-order valence-electron chi connectivity index (χ2n) is 7.29. The number of nitrogens with zero attached hydrogens (tertiary/aromatic N) is 4. The van der Waals surface area contributed by atoms with Crippen LogP contribution in [-0.4, -0.2) is 63.9 Å². The molecule has 30 heavy (non-hydrogen) atoms. The second-order valence-corrected chi connectivity index (χ2v) is 7.29. The molecule has 0 saturated carbocycles. The fourth-order valence-electron chi connectivity index (χ4n) is 3.87. The molecule has 0 spiro atoms. The number of aromatic nitrogens is 3. The van der Waals surface area contributed by atoms with E-state index in [1.807, 2.05) is 0 Å². The maximum Gasteiger partial charge on any atom is 0.332 e. The Hall–Kier alpha value is -2.72. The molecule has 1 aliphatic rings. The minimum Gasteiger partial charge on any atom is -0.379 e. The van der Waals surface area contributed by atoms with Gasteiger partial charge in [0, 0.05) is 45.8 Å². The lowest BCUT2D eigenvalue weighted by atomic mass is 10.1. The van der Waals surface area contributed by atoms with E-state index in [9.17, 15) is 19.2 Å². The quantitative estimate of drug-likeness (QED) is 0.598. The van der Waals surface area contributed by atoms with Gasteiger partial charge in [-0.25, -0.2) is 4.79 Å². The van der Waals surface area contributed by atoms with Crippen molar-refractivity contribution in [2.75, 3.05) is 39.4 Å². The standard InChI is InChI=1S/C20H29N5O5/c1-4-24-15(26)13-14(16-18(24)22(3)20(29)25(5-2)19(16)28)17(27)21-7-6-8-23-9-11-30-12-10-23/h13H,4-12H2,1-3H3,(H,21,27). The Labute approximate surface area is 173 Å². The number of nitrogens with one attached hydrogen (secondary N) is 1. The van der Waals surface area contributed by atoms with Gasteiger partial charge in [-0.2, -0.15) is 0 Å². The van der Waals surface area contributed by atoms with Crippen LogP contribution in [0.5, 0.6) is 0 Å². The van der Waals surface area contributed by atoms with Crippen LogP contribution < -0.4 is 22.1 Å². The number of aryl methyl sites for hydroxylation is 2. The van der Waals surface area contributed by atoms with Crippen LogP contribution in [-0.2, 0) is 24.9 Å². The molecule has 0 aromatic carbocycles. The van der Waals surface area contributed by atoms with Gasteiger partial charge in [0.15, 0.2) is 0 Å². The van der Waals surface area contributed by atoms with Crippen molar-refractivity contribution in [2.45, 2.75) is 33.4 Å². The van der Waals surface area contributed by atoms with Crippen LogP contribution in [0, 0.1) is 0 Å². The molecule has 164 valence electrons. The van der Waals surface area contributed by atoms with Crippen LogP contribution in [0.25, 0.3) is 11.0 Å². The van der Waals surface area contributed by atoms with Crippen LogP contribution in [0.15, 0.2) is 20.4 Å². The number of morpholine rings is 1. The fourth-order valence-corrected chi connectivity index (χ4v) is 3.87. The van der Waals surface area contributed by atoms with Gasteiger partial charge >= 0.3 is 5.69 Å². The van der Waals surface area contributed by atoms with E-state index in [1.54, 1.807) is 13.8 Å². The van der Waals surface area contributed by atoms with Crippen molar-refractivity contribution in [2.24, 2.45) is 7.05 Å². The van der Waals surface area contributed by atoms with Crippen molar-refractivity contribution in [3.8, 4) is 0 Å². The van der Waals surface area contributed by atoms with E-state index in [2.05, 4.69) is 10.2 Å². The summed E-state index contributed by atoms with van der Waals surface area (Å²) in [6.45, 7) is 8.33. The molecule has 1 aliphatic heterocycles. The van der Waals surface area contributed by atoms with Crippen molar-refractivity contribution in [1.29, 1.82) is 0 Å². The van der Waals surface area contributed by atoms with E-state index in [-0.39, 0.29) is 29.7 Å². The zero-order chi connectivity index (χ0) is 21.8. The number of fused-ring (bicyclic) bond motifs is 1. The molecule has 1 saturated heterocycles. The number of hydrogen-bond acceptors (Lipinski definition) is 6. The minimum absolute atomic E-state index is 0.00822. The SMILES string of the molecule is CCn1c(=O)c2c(C(=O)NCCCN3CCOCC3)cc(=O)n(CC)c2n(C)c1=O. The molecule has 10 heteroatoms. The Bertz CT molecular complexity index is 1110. The first-order chi connectivity index (χ1) is 14.4. The lowest BCUT2D eigenvalue weighted by Crippen LogP contribution is -2.42. The van der Waals surface area contributed by atoms with Gasteiger partial charge in [-0.3, -0.25) is 33.0 Å². The summed E-state index contributed by atoms with van der Waals surface area (Å²) in [5.74, 6) is -0.485.